The first kappa shape index (κ1) is 14.3. The Hall–Kier alpha value is -0.770. The number of carbonyl (C=O) groups excluding carboxylic acids is 1. The van der Waals surface area contributed by atoms with Crippen molar-refractivity contribution >= 4 is 6.03 Å². The molecule has 1 aliphatic rings. The van der Waals surface area contributed by atoms with Crippen molar-refractivity contribution in [2.24, 2.45) is 5.41 Å². The molecule has 1 fully saturated rings. The molecule has 4 nitrogen and oxygen atoms in total. The first-order chi connectivity index (χ1) is 8.12. The van der Waals surface area contributed by atoms with Crippen LogP contribution in [-0.2, 0) is 0 Å². The Kier molecular flexibility index (Phi) is 5.75. The molecule has 1 atom stereocenters. The second kappa shape index (κ2) is 6.84. The number of urea groups is 1. The lowest BCUT2D eigenvalue weighted by Gasteiger charge is -2.35. The average Bonchev–Trinajstić information content (AvgIpc) is 2.37. The smallest absolute Gasteiger partial charge is 0.315 e. The van der Waals surface area contributed by atoms with Crippen molar-refractivity contribution in [3.63, 3.8) is 0 Å². The highest BCUT2D eigenvalue weighted by atomic mass is 16.3. The molecule has 100 valence electrons. The number of nitrogens with one attached hydrogen (secondary N) is 2. The topological polar surface area (TPSA) is 61.4 Å². The quantitative estimate of drug-likeness (QED) is 0.691. The van der Waals surface area contributed by atoms with Crippen LogP contribution in [-0.4, -0.2) is 30.3 Å². The van der Waals surface area contributed by atoms with Crippen LogP contribution < -0.4 is 10.6 Å². The highest BCUT2D eigenvalue weighted by molar-refractivity contribution is 5.74. The molecule has 0 aliphatic heterocycles. The van der Waals surface area contributed by atoms with E-state index in [2.05, 4.69) is 10.6 Å². The lowest BCUT2D eigenvalue weighted by atomic mass is 9.74. The number of amides is 2. The average molecular weight is 242 g/mol. The van der Waals surface area contributed by atoms with Gasteiger partial charge in [-0.05, 0) is 26.2 Å². The molecular formula is C13H26N2O2. The van der Waals surface area contributed by atoms with E-state index in [1.165, 1.54) is 6.42 Å². The van der Waals surface area contributed by atoms with Crippen LogP contribution in [0.1, 0.15) is 52.4 Å². The van der Waals surface area contributed by atoms with E-state index < -0.39 is 0 Å². The van der Waals surface area contributed by atoms with Gasteiger partial charge in [0.15, 0.2) is 0 Å². The largest absolute Gasteiger partial charge is 0.396 e. The van der Waals surface area contributed by atoms with Crippen molar-refractivity contribution in [3.8, 4) is 0 Å². The molecule has 3 N–H and O–H groups in total. The Labute approximate surface area is 104 Å². The predicted octanol–water partition coefficient (Wildman–Crippen LogP) is 2.03. The molecule has 2 amide bonds. The van der Waals surface area contributed by atoms with Crippen LogP contribution >= 0.6 is 0 Å². The highest BCUT2D eigenvalue weighted by Gasteiger charge is 2.31. The van der Waals surface area contributed by atoms with Crippen LogP contribution in [0.3, 0.4) is 0 Å². The van der Waals surface area contributed by atoms with E-state index in [4.69, 9.17) is 0 Å². The maximum atomic E-state index is 11.6. The third-order valence-electron chi connectivity index (χ3n) is 3.86. The molecule has 0 spiro atoms. The van der Waals surface area contributed by atoms with Gasteiger partial charge in [-0.25, -0.2) is 4.79 Å². The fourth-order valence-electron chi connectivity index (χ4n) is 2.34. The third kappa shape index (κ3) is 4.54. The van der Waals surface area contributed by atoms with E-state index in [0.717, 1.165) is 32.1 Å². The summed E-state index contributed by atoms with van der Waals surface area (Å²) in [6, 6.07) is 0.0872. The molecule has 1 saturated carbocycles. The summed E-state index contributed by atoms with van der Waals surface area (Å²) >= 11 is 0. The zero-order valence-electron chi connectivity index (χ0n) is 11.1. The lowest BCUT2D eigenvalue weighted by Crippen LogP contribution is -2.47. The normalized spacial score (nSPS) is 20.6. The summed E-state index contributed by atoms with van der Waals surface area (Å²) in [6.07, 6.45) is 6.55. The Morgan fingerprint density at radius 1 is 1.35 bits per heavy atom. The van der Waals surface area contributed by atoms with Crippen molar-refractivity contribution in [1.29, 1.82) is 0 Å². The van der Waals surface area contributed by atoms with Gasteiger partial charge >= 0.3 is 6.03 Å². The summed E-state index contributed by atoms with van der Waals surface area (Å²) in [5.74, 6) is 0. The van der Waals surface area contributed by atoms with Crippen LogP contribution in [0.4, 0.5) is 4.79 Å². The summed E-state index contributed by atoms with van der Waals surface area (Å²) in [6.45, 7) is 4.80. The van der Waals surface area contributed by atoms with Gasteiger partial charge in [-0.2, -0.15) is 0 Å². The molecule has 0 aromatic heterocycles. The Morgan fingerprint density at radius 2 is 2.00 bits per heavy atom. The van der Waals surface area contributed by atoms with Crippen molar-refractivity contribution < 1.29 is 9.90 Å². The molecule has 17 heavy (non-hydrogen) atoms. The van der Waals surface area contributed by atoms with Crippen molar-refractivity contribution in [2.75, 3.05) is 13.2 Å². The van der Waals surface area contributed by atoms with Crippen LogP contribution in [0, 0.1) is 5.41 Å². The highest BCUT2D eigenvalue weighted by Crippen LogP contribution is 2.35. The maximum Gasteiger partial charge on any atom is 0.315 e. The van der Waals surface area contributed by atoms with E-state index in [9.17, 15) is 9.90 Å². The zero-order valence-corrected chi connectivity index (χ0v) is 11.1. The molecule has 0 aromatic carbocycles. The summed E-state index contributed by atoms with van der Waals surface area (Å²) in [5.41, 5.74) is -0.0783. The third-order valence-corrected chi connectivity index (χ3v) is 3.86. The summed E-state index contributed by atoms with van der Waals surface area (Å²) in [7, 11) is 0. The number of aliphatic hydroxyl groups is 1. The minimum absolute atomic E-state index is 0.0783. The van der Waals surface area contributed by atoms with E-state index >= 15 is 0 Å². The molecule has 1 aliphatic carbocycles. The molecule has 1 unspecified atom stereocenters. The Morgan fingerprint density at radius 3 is 2.53 bits per heavy atom. The number of carbonyl (C=O) groups is 1. The molecule has 4 heteroatoms. The van der Waals surface area contributed by atoms with Crippen LogP contribution in [0.15, 0.2) is 0 Å². The Balaban J connectivity index is 2.34. The maximum absolute atomic E-state index is 11.6. The van der Waals surface area contributed by atoms with Gasteiger partial charge in [0.2, 0.25) is 0 Å². The van der Waals surface area contributed by atoms with E-state index in [-0.39, 0.29) is 24.1 Å². The molecule has 0 aromatic rings. The van der Waals surface area contributed by atoms with Crippen LogP contribution in [0.25, 0.3) is 0 Å². The van der Waals surface area contributed by atoms with E-state index in [1.54, 1.807) is 0 Å². The van der Waals surface area contributed by atoms with E-state index in [0.29, 0.717) is 6.54 Å². The summed E-state index contributed by atoms with van der Waals surface area (Å²) < 4.78 is 0. The Bertz CT molecular complexity index is 238. The first-order valence-electron chi connectivity index (χ1n) is 6.77. The van der Waals surface area contributed by atoms with Crippen LogP contribution in [0.2, 0.25) is 0 Å². The second-order valence-electron chi connectivity index (χ2n) is 5.36. The van der Waals surface area contributed by atoms with Gasteiger partial charge in [0.05, 0.1) is 6.61 Å². The number of aliphatic hydroxyl groups excluding tert-OH is 1. The van der Waals surface area contributed by atoms with Gasteiger partial charge in [-0.3, -0.25) is 0 Å². The SMILES string of the molecule is CCC(C)NC(=O)NCC1(CO)CCCCC1. The van der Waals surface area contributed by atoms with E-state index in [1.807, 2.05) is 13.8 Å². The van der Waals surface area contributed by atoms with Crippen molar-refractivity contribution in [2.45, 2.75) is 58.4 Å². The number of hydrogen-bond donors (Lipinski definition) is 3. The molecule has 0 radical (unpaired) electrons. The van der Waals surface area contributed by atoms with Crippen LogP contribution in [0.5, 0.6) is 0 Å². The fourth-order valence-corrected chi connectivity index (χ4v) is 2.34. The lowest BCUT2D eigenvalue weighted by molar-refractivity contribution is 0.0833. The van der Waals surface area contributed by atoms with Crippen molar-refractivity contribution in [1.82, 2.24) is 10.6 Å². The molecule has 0 heterocycles. The minimum Gasteiger partial charge on any atom is -0.396 e. The van der Waals surface area contributed by atoms with Gasteiger partial charge in [-0.1, -0.05) is 26.2 Å². The molecule has 1 rings (SSSR count). The van der Waals surface area contributed by atoms with Gasteiger partial charge < -0.3 is 15.7 Å². The van der Waals surface area contributed by atoms with Gasteiger partial charge in [0.1, 0.15) is 0 Å². The molecule has 0 saturated heterocycles. The monoisotopic (exact) mass is 242 g/mol. The number of hydrogen-bond acceptors (Lipinski definition) is 2. The minimum atomic E-state index is -0.113. The standard InChI is InChI=1S/C13H26N2O2/c1-3-11(2)15-12(17)14-9-13(10-16)7-5-4-6-8-13/h11,16H,3-10H2,1-2H3,(H2,14,15,17). The summed E-state index contributed by atoms with van der Waals surface area (Å²) in [4.78, 5) is 11.6. The van der Waals surface area contributed by atoms with Gasteiger partial charge in [-0.15, -0.1) is 0 Å². The van der Waals surface area contributed by atoms with Gasteiger partial charge in [0, 0.05) is 18.0 Å². The molecule has 0 bridgehead atoms. The second-order valence-corrected chi connectivity index (χ2v) is 5.36. The van der Waals surface area contributed by atoms with Gasteiger partial charge in [0.25, 0.3) is 0 Å². The zero-order chi connectivity index (χ0) is 12.7. The first-order valence-corrected chi connectivity index (χ1v) is 6.77. The predicted molar refractivity (Wildman–Crippen MR) is 68.9 cm³/mol. The number of rotatable bonds is 5. The molecular weight excluding hydrogens is 216 g/mol. The van der Waals surface area contributed by atoms with Crippen molar-refractivity contribution in [3.05, 3.63) is 0 Å². The summed E-state index contributed by atoms with van der Waals surface area (Å²) in [5, 5.41) is 15.3. The fraction of sp³-hybridized carbons (Fsp3) is 0.923.